The molecule has 0 aromatic heterocycles. The predicted octanol–water partition coefficient (Wildman–Crippen LogP) is 7.26. The summed E-state index contributed by atoms with van der Waals surface area (Å²) in [7, 11) is 4.87. The first kappa shape index (κ1) is 41.8. The van der Waals surface area contributed by atoms with Gasteiger partial charge in [-0.25, -0.2) is 0 Å². The number of benzene rings is 5. The molecule has 0 heterocycles. The van der Waals surface area contributed by atoms with Crippen molar-refractivity contribution in [1.82, 2.24) is 0 Å². The maximum absolute atomic E-state index is 12.3. The molecule has 4 unspecified atom stereocenters. The van der Waals surface area contributed by atoms with Crippen LogP contribution in [0.25, 0.3) is 0 Å². The molecule has 0 aliphatic heterocycles. The van der Waals surface area contributed by atoms with Gasteiger partial charge in [-0.3, -0.25) is 0 Å². The van der Waals surface area contributed by atoms with Crippen molar-refractivity contribution < 1.29 is 52.5 Å². The average Bonchev–Trinajstić information content (AvgIpc) is 3.27. The summed E-state index contributed by atoms with van der Waals surface area (Å²) in [4.78, 5) is 0. The minimum atomic E-state index is -1.24. The lowest BCUT2D eigenvalue weighted by Crippen LogP contribution is -2.67. The van der Waals surface area contributed by atoms with Gasteiger partial charge < -0.3 is 52.5 Å². The van der Waals surface area contributed by atoms with E-state index < -0.39 is 36.6 Å². The molecule has 0 amide bonds. The molecule has 57 heavy (non-hydrogen) atoms. The fourth-order valence-corrected chi connectivity index (χ4v) is 6.56. The summed E-state index contributed by atoms with van der Waals surface area (Å²) in [6.45, 7) is 0.955. The van der Waals surface area contributed by atoms with Gasteiger partial charge in [-0.1, -0.05) is 97.1 Å². The number of hydrogen-bond donors (Lipinski definition) is 1. The van der Waals surface area contributed by atoms with Crippen LogP contribution in [0.15, 0.2) is 133 Å². The van der Waals surface area contributed by atoms with Gasteiger partial charge in [-0.05, 0) is 64.2 Å². The molecule has 302 valence electrons. The third kappa shape index (κ3) is 12.3. The van der Waals surface area contributed by atoms with E-state index in [1.807, 2.05) is 133 Å². The highest BCUT2D eigenvalue weighted by Crippen LogP contribution is 2.34. The number of ether oxygens (including phenoxy) is 10. The van der Waals surface area contributed by atoms with Crippen molar-refractivity contribution in [3.8, 4) is 17.2 Å². The molecule has 0 bridgehead atoms. The van der Waals surface area contributed by atoms with Gasteiger partial charge in [-0.15, -0.1) is 0 Å². The average molecular weight is 781 g/mol. The Hall–Kier alpha value is -4.82. The van der Waals surface area contributed by atoms with Crippen LogP contribution in [0, 0.1) is 0 Å². The van der Waals surface area contributed by atoms with Crippen LogP contribution in [0.1, 0.15) is 27.8 Å². The lowest BCUT2D eigenvalue weighted by Gasteiger charge is -2.48. The number of rotatable bonds is 22. The second-order valence-electron chi connectivity index (χ2n) is 13.5. The first-order valence-electron chi connectivity index (χ1n) is 18.9. The minimum absolute atomic E-state index is 0.126. The molecule has 0 spiro atoms. The summed E-state index contributed by atoms with van der Waals surface area (Å²) in [6.07, 6.45) is -5.64. The summed E-state index contributed by atoms with van der Waals surface area (Å²) in [6, 6.07) is 42.4. The zero-order valence-electron chi connectivity index (χ0n) is 32.6. The first-order valence-corrected chi connectivity index (χ1v) is 18.9. The largest absolute Gasteiger partial charge is 0.497 e. The van der Waals surface area contributed by atoms with Crippen LogP contribution in [0.5, 0.6) is 17.2 Å². The SMILES string of the molecule is COc1ccc(COC2C(OCOCc3ccccc3)C(O)C(OCOCc3ccccc3)C(OCc3ccc(OC)cc3)C2OCc2ccc(OC)cc2)cc1. The van der Waals surface area contributed by atoms with Gasteiger partial charge >= 0.3 is 0 Å². The summed E-state index contributed by atoms with van der Waals surface area (Å²) in [5.74, 6) is 2.19. The van der Waals surface area contributed by atoms with E-state index in [9.17, 15) is 5.11 Å². The van der Waals surface area contributed by atoms with E-state index in [0.717, 1.165) is 45.1 Å². The van der Waals surface area contributed by atoms with Crippen LogP contribution in [-0.2, 0) is 66.2 Å². The molecule has 0 radical (unpaired) electrons. The predicted molar refractivity (Wildman–Crippen MR) is 213 cm³/mol. The first-order chi connectivity index (χ1) is 28.0. The van der Waals surface area contributed by atoms with E-state index in [1.54, 1.807) is 21.3 Å². The Morgan fingerprint density at radius 1 is 0.351 bits per heavy atom. The topological polar surface area (TPSA) is 113 Å². The van der Waals surface area contributed by atoms with Gasteiger partial charge in [0.1, 0.15) is 67.5 Å². The number of hydrogen-bond acceptors (Lipinski definition) is 11. The molecule has 5 aromatic carbocycles. The zero-order valence-corrected chi connectivity index (χ0v) is 32.6. The van der Waals surface area contributed by atoms with Crippen molar-refractivity contribution in [2.24, 2.45) is 0 Å². The van der Waals surface area contributed by atoms with E-state index in [-0.39, 0.29) is 33.4 Å². The Kier molecular flexibility index (Phi) is 16.3. The van der Waals surface area contributed by atoms with E-state index in [1.165, 1.54) is 0 Å². The van der Waals surface area contributed by atoms with Gasteiger partial charge in [0.15, 0.2) is 0 Å². The maximum Gasteiger partial charge on any atom is 0.147 e. The van der Waals surface area contributed by atoms with Crippen LogP contribution in [-0.4, -0.2) is 76.6 Å². The van der Waals surface area contributed by atoms with Gasteiger partial charge in [-0.2, -0.15) is 0 Å². The van der Waals surface area contributed by atoms with Crippen molar-refractivity contribution in [2.45, 2.75) is 69.7 Å². The Morgan fingerprint density at radius 2 is 0.649 bits per heavy atom. The molecule has 5 aromatic rings. The van der Waals surface area contributed by atoms with E-state index in [0.29, 0.717) is 13.2 Å². The monoisotopic (exact) mass is 780 g/mol. The highest BCUT2D eigenvalue weighted by atomic mass is 16.7. The van der Waals surface area contributed by atoms with Gasteiger partial charge in [0.2, 0.25) is 0 Å². The zero-order chi connectivity index (χ0) is 39.7. The lowest BCUT2D eigenvalue weighted by molar-refractivity contribution is -0.299. The second-order valence-corrected chi connectivity index (χ2v) is 13.5. The third-order valence-electron chi connectivity index (χ3n) is 9.68. The third-order valence-corrected chi connectivity index (χ3v) is 9.68. The fourth-order valence-electron chi connectivity index (χ4n) is 6.56. The van der Waals surface area contributed by atoms with Gasteiger partial charge in [0.05, 0.1) is 54.4 Å². The quantitative estimate of drug-likeness (QED) is 0.0566. The van der Waals surface area contributed by atoms with Crippen LogP contribution in [0.3, 0.4) is 0 Å². The number of methoxy groups -OCH3 is 3. The molecule has 1 aliphatic rings. The van der Waals surface area contributed by atoms with Crippen molar-refractivity contribution in [2.75, 3.05) is 34.9 Å². The Labute approximate surface area is 334 Å². The molecule has 1 saturated carbocycles. The molecule has 4 atom stereocenters. The summed E-state index contributed by atoms with van der Waals surface area (Å²) in [5, 5.41) is 12.3. The van der Waals surface area contributed by atoms with Crippen molar-refractivity contribution in [3.63, 3.8) is 0 Å². The Bertz CT molecular complexity index is 1730. The summed E-state index contributed by atoms with van der Waals surface area (Å²) in [5.41, 5.74) is 4.66. The summed E-state index contributed by atoms with van der Waals surface area (Å²) >= 11 is 0. The smallest absolute Gasteiger partial charge is 0.147 e. The van der Waals surface area contributed by atoms with E-state index in [2.05, 4.69) is 0 Å². The molecule has 11 nitrogen and oxygen atoms in total. The Balaban J connectivity index is 1.30. The Morgan fingerprint density at radius 3 is 0.965 bits per heavy atom. The summed E-state index contributed by atoms with van der Waals surface area (Å²) < 4.78 is 61.1. The highest BCUT2D eigenvalue weighted by Gasteiger charge is 2.54. The standard InChI is InChI=1S/C46H52O11/c1-48-38-20-14-35(15-21-38)28-53-44-42(56-31-51-26-33-10-6-4-7-11-33)41(47)43(57-32-52-27-34-12-8-5-9-13-34)45(54-29-36-16-22-39(49-2)23-17-36)46(44)55-30-37-18-24-40(50-3)25-19-37/h4-25,41-47H,26-32H2,1-3H3. The maximum atomic E-state index is 12.3. The molecule has 1 aliphatic carbocycles. The molecule has 6 rings (SSSR count). The number of aliphatic hydroxyl groups is 1. The van der Waals surface area contributed by atoms with Crippen LogP contribution < -0.4 is 14.2 Å². The molecule has 1 fully saturated rings. The van der Waals surface area contributed by atoms with Crippen molar-refractivity contribution in [1.29, 1.82) is 0 Å². The van der Waals surface area contributed by atoms with Crippen molar-refractivity contribution >= 4 is 0 Å². The molecule has 11 heteroatoms. The fraction of sp³-hybridized carbons (Fsp3) is 0.348. The molecular weight excluding hydrogens is 728 g/mol. The van der Waals surface area contributed by atoms with Crippen LogP contribution >= 0.6 is 0 Å². The minimum Gasteiger partial charge on any atom is -0.497 e. The molecule has 1 N–H and O–H groups in total. The van der Waals surface area contributed by atoms with Crippen molar-refractivity contribution in [3.05, 3.63) is 161 Å². The van der Waals surface area contributed by atoms with Gasteiger partial charge in [0, 0.05) is 0 Å². The highest BCUT2D eigenvalue weighted by molar-refractivity contribution is 5.28. The van der Waals surface area contributed by atoms with Crippen LogP contribution in [0.2, 0.25) is 0 Å². The lowest BCUT2D eigenvalue weighted by atomic mass is 9.84. The number of aliphatic hydroxyl groups excluding tert-OH is 1. The van der Waals surface area contributed by atoms with E-state index >= 15 is 0 Å². The normalized spacial score (nSPS) is 20.6. The second kappa shape index (κ2) is 22.2. The molecule has 0 saturated heterocycles. The molecular formula is C46H52O11. The van der Waals surface area contributed by atoms with Gasteiger partial charge in [0.25, 0.3) is 0 Å². The van der Waals surface area contributed by atoms with E-state index in [4.69, 9.17) is 47.4 Å². The van der Waals surface area contributed by atoms with Crippen LogP contribution in [0.4, 0.5) is 0 Å².